The van der Waals surface area contributed by atoms with E-state index in [2.05, 4.69) is 4.90 Å². The van der Waals surface area contributed by atoms with Gasteiger partial charge in [0.2, 0.25) is 0 Å². The van der Waals surface area contributed by atoms with Gasteiger partial charge in [0, 0.05) is 25.7 Å². The van der Waals surface area contributed by atoms with Gasteiger partial charge in [0.15, 0.2) is 0 Å². The van der Waals surface area contributed by atoms with Gasteiger partial charge < -0.3 is 9.64 Å². The minimum atomic E-state index is 0.0399. The van der Waals surface area contributed by atoms with Gasteiger partial charge in [-0.15, -0.1) is 11.6 Å². The minimum Gasteiger partial charge on any atom is -0.383 e. The summed E-state index contributed by atoms with van der Waals surface area (Å²) in [5.41, 5.74) is 2.72. The maximum absolute atomic E-state index is 5.98. The van der Waals surface area contributed by atoms with Crippen LogP contribution in [0.5, 0.6) is 0 Å². The molecule has 0 saturated heterocycles. The lowest BCUT2D eigenvalue weighted by atomic mass is 10.3. The molecule has 0 rings (SSSR count). The van der Waals surface area contributed by atoms with Crippen LogP contribution in [0.3, 0.4) is 0 Å². The normalized spacial score (nSPS) is 15.1. The fourth-order valence-corrected chi connectivity index (χ4v) is 1.53. The number of alkyl halides is 1. The van der Waals surface area contributed by atoms with Crippen LogP contribution in [0.1, 0.15) is 6.92 Å². The zero-order chi connectivity index (χ0) is 10.3. The number of nitrogens with zero attached hydrogens (tertiary/aromatic N) is 1. The molecule has 0 amide bonds. The molecule has 0 bridgehead atoms. The Hall–Kier alpha value is 0.240. The fourth-order valence-electron chi connectivity index (χ4n) is 1.10. The van der Waals surface area contributed by atoms with Crippen LogP contribution in [-0.4, -0.2) is 44.1 Å². The maximum Gasteiger partial charge on any atom is 0.0696 e. The van der Waals surface area contributed by atoms with Crippen molar-refractivity contribution in [3.63, 3.8) is 0 Å². The van der Waals surface area contributed by atoms with E-state index in [9.17, 15) is 0 Å². The van der Waals surface area contributed by atoms with E-state index in [-0.39, 0.29) is 5.38 Å². The molecule has 0 spiro atoms. The third-order valence-electron chi connectivity index (χ3n) is 1.56. The molecule has 13 heavy (non-hydrogen) atoms. The summed E-state index contributed by atoms with van der Waals surface area (Å²) in [6, 6.07) is 0. The lowest BCUT2D eigenvalue weighted by molar-refractivity contribution is 0.184. The fraction of sp³-hybridized carbons (Fsp3) is 0.778. The predicted octanol–water partition coefficient (Wildman–Crippen LogP) is 2.31. The second-order valence-electron chi connectivity index (χ2n) is 3.20. The second kappa shape index (κ2) is 7.63. The summed E-state index contributed by atoms with van der Waals surface area (Å²) in [6.45, 7) is 4.21. The molecule has 0 saturated carbocycles. The highest BCUT2D eigenvalue weighted by atomic mass is 35.5. The molecule has 0 radical (unpaired) electrons. The molecule has 0 N–H and O–H groups in total. The molecule has 0 heterocycles. The molecule has 1 unspecified atom stereocenters. The van der Waals surface area contributed by atoms with Crippen molar-refractivity contribution < 1.29 is 4.74 Å². The molecule has 2 nitrogen and oxygen atoms in total. The number of hydrogen-bond donors (Lipinski definition) is 0. The van der Waals surface area contributed by atoms with Gasteiger partial charge in [-0.25, -0.2) is 0 Å². The molecular weight excluding hydrogens is 209 g/mol. The molecular formula is C9H17Cl2NO. The van der Waals surface area contributed by atoms with Crippen LogP contribution in [0.4, 0.5) is 0 Å². The average molecular weight is 226 g/mol. The first-order valence-corrected chi connectivity index (χ1v) is 5.04. The van der Waals surface area contributed by atoms with Crippen molar-refractivity contribution in [3.05, 3.63) is 11.1 Å². The molecule has 78 valence electrons. The summed E-state index contributed by atoms with van der Waals surface area (Å²) >= 11 is 11.5. The lowest BCUT2D eigenvalue weighted by Crippen LogP contribution is -2.29. The van der Waals surface area contributed by atoms with Crippen LogP contribution >= 0.6 is 23.2 Å². The summed E-state index contributed by atoms with van der Waals surface area (Å²) < 4.78 is 4.94. The highest BCUT2D eigenvalue weighted by Crippen LogP contribution is 2.03. The molecule has 0 aliphatic rings. The van der Waals surface area contributed by atoms with Crippen molar-refractivity contribution in [2.75, 3.05) is 33.9 Å². The number of halogens is 2. The van der Waals surface area contributed by atoms with E-state index in [0.717, 1.165) is 18.7 Å². The standard InChI is InChI=1S/C9H17Cl2NO/c1-8(4-10)5-12(2)6-9(11)7-13-3/h4,9H,5-7H2,1-3H3. The molecule has 0 aromatic rings. The van der Waals surface area contributed by atoms with Crippen LogP contribution in [-0.2, 0) is 4.74 Å². The smallest absolute Gasteiger partial charge is 0.0696 e. The Morgan fingerprint density at radius 2 is 2.23 bits per heavy atom. The van der Waals surface area contributed by atoms with Crippen molar-refractivity contribution in [2.45, 2.75) is 12.3 Å². The Morgan fingerprint density at radius 3 is 2.69 bits per heavy atom. The molecule has 1 atom stereocenters. The van der Waals surface area contributed by atoms with E-state index in [1.165, 1.54) is 0 Å². The van der Waals surface area contributed by atoms with Crippen LogP contribution in [0.2, 0.25) is 0 Å². The topological polar surface area (TPSA) is 12.5 Å². The highest BCUT2D eigenvalue weighted by molar-refractivity contribution is 6.25. The number of ether oxygens (including phenoxy) is 1. The van der Waals surface area contributed by atoms with Crippen molar-refractivity contribution in [1.29, 1.82) is 0 Å². The summed E-state index contributed by atoms with van der Waals surface area (Å²) in [5, 5.41) is 0.0399. The van der Waals surface area contributed by atoms with E-state index in [1.54, 1.807) is 12.6 Å². The maximum atomic E-state index is 5.98. The zero-order valence-electron chi connectivity index (χ0n) is 8.39. The zero-order valence-corrected chi connectivity index (χ0v) is 9.90. The first-order valence-electron chi connectivity index (χ1n) is 4.17. The van der Waals surface area contributed by atoms with E-state index >= 15 is 0 Å². The first kappa shape index (κ1) is 13.2. The number of rotatable bonds is 6. The molecule has 0 fully saturated rings. The van der Waals surface area contributed by atoms with Crippen molar-refractivity contribution in [1.82, 2.24) is 4.90 Å². The average Bonchev–Trinajstić information content (AvgIpc) is 2.04. The van der Waals surface area contributed by atoms with Crippen LogP contribution in [0.25, 0.3) is 0 Å². The number of hydrogen-bond acceptors (Lipinski definition) is 2. The first-order chi connectivity index (χ1) is 6.10. The molecule has 4 heteroatoms. The SMILES string of the molecule is COCC(Cl)CN(C)CC(C)=CCl. The van der Waals surface area contributed by atoms with Gasteiger partial charge in [-0.1, -0.05) is 11.6 Å². The van der Waals surface area contributed by atoms with Gasteiger partial charge in [0.25, 0.3) is 0 Å². The van der Waals surface area contributed by atoms with Gasteiger partial charge in [-0.2, -0.15) is 0 Å². The van der Waals surface area contributed by atoms with Gasteiger partial charge >= 0.3 is 0 Å². The monoisotopic (exact) mass is 225 g/mol. The van der Waals surface area contributed by atoms with Crippen LogP contribution < -0.4 is 0 Å². The third-order valence-corrected chi connectivity index (χ3v) is 2.20. The molecule has 0 aromatic heterocycles. The molecule has 0 aliphatic heterocycles. The second-order valence-corrected chi connectivity index (χ2v) is 4.04. The van der Waals surface area contributed by atoms with Gasteiger partial charge in [-0.3, -0.25) is 0 Å². The Kier molecular flexibility index (Phi) is 7.77. The summed E-state index contributed by atoms with van der Waals surface area (Å²) in [5.74, 6) is 0. The van der Waals surface area contributed by atoms with Crippen molar-refractivity contribution in [3.8, 4) is 0 Å². The van der Waals surface area contributed by atoms with Crippen molar-refractivity contribution in [2.24, 2.45) is 0 Å². The molecule has 0 aliphatic carbocycles. The Balaban J connectivity index is 3.67. The Bertz CT molecular complexity index is 162. The predicted molar refractivity (Wildman–Crippen MR) is 58.6 cm³/mol. The summed E-state index contributed by atoms with van der Waals surface area (Å²) in [7, 11) is 3.66. The van der Waals surface area contributed by atoms with Gasteiger partial charge in [0.1, 0.15) is 0 Å². The summed E-state index contributed by atoms with van der Waals surface area (Å²) in [4.78, 5) is 2.12. The minimum absolute atomic E-state index is 0.0399. The van der Waals surface area contributed by atoms with Crippen LogP contribution in [0, 0.1) is 0 Å². The van der Waals surface area contributed by atoms with Gasteiger partial charge in [-0.05, 0) is 19.5 Å². The van der Waals surface area contributed by atoms with Crippen LogP contribution in [0.15, 0.2) is 11.1 Å². The quantitative estimate of drug-likeness (QED) is 0.644. The Morgan fingerprint density at radius 1 is 1.62 bits per heavy atom. The molecule has 0 aromatic carbocycles. The Labute approximate surface area is 90.4 Å². The highest BCUT2D eigenvalue weighted by Gasteiger charge is 2.07. The van der Waals surface area contributed by atoms with Gasteiger partial charge in [0.05, 0.1) is 12.0 Å². The largest absolute Gasteiger partial charge is 0.383 e. The van der Waals surface area contributed by atoms with E-state index < -0.39 is 0 Å². The number of likely N-dealkylation sites (N-methyl/N-ethyl adjacent to an activating group) is 1. The third kappa shape index (κ3) is 7.32. The lowest BCUT2D eigenvalue weighted by Gasteiger charge is -2.19. The number of methoxy groups -OCH3 is 1. The van der Waals surface area contributed by atoms with Crippen molar-refractivity contribution >= 4 is 23.2 Å². The van der Waals surface area contributed by atoms with E-state index in [0.29, 0.717) is 6.61 Å². The van der Waals surface area contributed by atoms with E-state index in [4.69, 9.17) is 27.9 Å². The van der Waals surface area contributed by atoms with E-state index in [1.807, 2.05) is 14.0 Å². The summed E-state index contributed by atoms with van der Waals surface area (Å²) in [6.07, 6.45) is 0.